The van der Waals surface area contributed by atoms with E-state index < -0.39 is 10.0 Å². The molecule has 26 heavy (non-hydrogen) atoms. The molecule has 2 heterocycles. The number of benzene rings is 1. The first kappa shape index (κ1) is 19.5. The first-order valence-electron chi connectivity index (χ1n) is 8.18. The Morgan fingerprint density at radius 1 is 1.23 bits per heavy atom. The molecule has 1 unspecified atom stereocenters. The van der Waals surface area contributed by atoms with E-state index in [2.05, 4.69) is 26.0 Å². The smallest absolute Gasteiger partial charge is 0.251 e. The predicted molar refractivity (Wildman–Crippen MR) is 104 cm³/mol. The van der Waals surface area contributed by atoms with Crippen molar-refractivity contribution in [2.24, 2.45) is 0 Å². The van der Waals surface area contributed by atoms with Crippen molar-refractivity contribution in [3.05, 3.63) is 50.6 Å². The van der Waals surface area contributed by atoms with Crippen LogP contribution in [0.2, 0.25) is 0 Å². The van der Waals surface area contributed by atoms with Gasteiger partial charge in [-0.25, -0.2) is 13.1 Å². The molecule has 0 saturated carbocycles. The minimum Gasteiger partial charge on any atom is -0.377 e. The molecule has 6 nitrogen and oxygen atoms in total. The first-order valence-corrected chi connectivity index (χ1v) is 11.3. The average molecular weight is 459 g/mol. The zero-order valence-electron chi connectivity index (χ0n) is 13.9. The number of carbonyl (C=O) groups excluding carboxylic acids is 1. The number of hydrogen-bond donors (Lipinski definition) is 2. The summed E-state index contributed by atoms with van der Waals surface area (Å²) in [5, 5.41) is 2.82. The molecule has 1 amide bonds. The van der Waals surface area contributed by atoms with Crippen LogP contribution in [0.4, 0.5) is 0 Å². The minimum atomic E-state index is -3.61. The highest BCUT2D eigenvalue weighted by Crippen LogP contribution is 2.22. The van der Waals surface area contributed by atoms with Gasteiger partial charge < -0.3 is 10.1 Å². The second-order valence-corrected chi connectivity index (χ2v) is 10.2. The summed E-state index contributed by atoms with van der Waals surface area (Å²) in [6.45, 7) is 1.37. The molecule has 1 atom stereocenters. The topological polar surface area (TPSA) is 84.5 Å². The molecule has 2 aromatic rings. The molecule has 3 rings (SSSR count). The quantitative estimate of drug-likeness (QED) is 0.667. The van der Waals surface area contributed by atoms with E-state index in [0.29, 0.717) is 18.7 Å². The Morgan fingerprint density at radius 2 is 2.00 bits per heavy atom. The van der Waals surface area contributed by atoms with Gasteiger partial charge in [0.1, 0.15) is 0 Å². The molecular formula is C17H19BrN2O4S2. The highest BCUT2D eigenvalue weighted by molar-refractivity contribution is 9.11. The summed E-state index contributed by atoms with van der Waals surface area (Å²) in [6, 6.07) is 9.77. The van der Waals surface area contributed by atoms with Gasteiger partial charge in [-0.05, 0) is 65.2 Å². The number of carbonyl (C=O) groups is 1. The molecule has 1 aliphatic rings. The van der Waals surface area contributed by atoms with E-state index in [9.17, 15) is 13.2 Å². The molecule has 0 bridgehead atoms. The monoisotopic (exact) mass is 458 g/mol. The zero-order chi connectivity index (χ0) is 18.6. The number of ether oxygens (including phenoxy) is 1. The second kappa shape index (κ2) is 8.62. The second-order valence-electron chi connectivity index (χ2n) is 5.90. The van der Waals surface area contributed by atoms with Crippen molar-refractivity contribution in [2.45, 2.75) is 30.4 Å². The van der Waals surface area contributed by atoms with Crippen LogP contribution >= 0.6 is 27.3 Å². The number of halogens is 1. The maximum atomic E-state index is 12.3. The van der Waals surface area contributed by atoms with Crippen LogP contribution in [0.25, 0.3) is 0 Å². The first-order chi connectivity index (χ1) is 12.4. The summed E-state index contributed by atoms with van der Waals surface area (Å²) < 4.78 is 33.6. The summed E-state index contributed by atoms with van der Waals surface area (Å²) >= 11 is 4.93. The lowest BCUT2D eigenvalue weighted by Crippen LogP contribution is -2.31. The van der Waals surface area contributed by atoms with Gasteiger partial charge in [-0.15, -0.1) is 11.3 Å². The number of rotatable bonds is 7. The van der Waals surface area contributed by atoms with Crippen LogP contribution in [0.5, 0.6) is 0 Å². The van der Waals surface area contributed by atoms with Gasteiger partial charge in [0.2, 0.25) is 10.0 Å². The lowest BCUT2D eigenvalue weighted by Gasteiger charge is -2.11. The Morgan fingerprint density at radius 3 is 2.62 bits per heavy atom. The molecular weight excluding hydrogens is 440 g/mol. The van der Waals surface area contributed by atoms with Gasteiger partial charge in [0, 0.05) is 23.6 Å². The van der Waals surface area contributed by atoms with Crippen LogP contribution in [-0.2, 0) is 21.3 Å². The standard InChI is InChI=1S/C17H19BrN2O4S2/c18-16-8-5-14(25-16)11-19-17(21)12-3-6-15(7-4-12)26(22,23)20-10-13-2-1-9-24-13/h3-8,13,20H,1-2,9-11H2,(H,19,21). The van der Waals surface area contributed by atoms with E-state index in [1.165, 1.54) is 24.3 Å². The SMILES string of the molecule is O=C(NCc1ccc(Br)s1)c1ccc(S(=O)(=O)NCC2CCCO2)cc1. The van der Waals surface area contributed by atoms with E-state index in [4.69, 9.17) is 4.74 Å². The van der Waals surface area contributed by atoms with Crippen LogP contribution in [0.15, 0.2) is 45.1 Å². The van der Waals surface area contributed by atoms with Crippen LogP contribution in [0.1, 0.15) is 28.1 Å². The molecule has 9 heteroatoms. The van der Waals surface area contributed by atoms with Gasteiger partial charge in [-0.2, -0.15) is 0 Å². The van der Waals surface area contributed by atoms with Gasteiger partial charge in [0.05, 0.1) is 21.3 Å². The normalized spacial score (nSPS) is 17.3. The van der Waals surface area contributed by atoms with Crippen molar-refractivity contribution < 1.29 is 17.9 Å². The lowest BCUT2D eigenvalue weighted by atomic mass is 10.2. The summed E-state index contributed by atoms with van der Waals surface area (Å²) in [5.74, 6) is -0.245. The molecule has 0 spiro atoms. The van der Waals surface area contributed by atoms with E-state index >= 15 is 0 Å². The number of hydrogen-bond acceptors (Lipinski definition) is 5. The Bertz CT molecular complexity index is 859. The Labute approximate surface area is 165 Å². The molecule has 1 aliphatic heterocycles. The Balaban J connectivity index is 1.57. The Kier molecular flexibility index (Phi) is 6.46. The molecule has 2 N–H and O–H groups in total. The summed E-state index contributed by atoms with van der Waals surface area (Å²) in [5.41, 5.74) is 0.415. The fourth-order valence-corrected chi connectivity index (χ4v) is 5.08. The maximum Gasteiger partial charge on any atom is 0.251 e. The maximum absolute atomic E-state index is 12.3. The molecule has 1 saturated heterocycles. The average Bonchev–Trinajstić information content (AvgIpc) is 3.30. The van der Waals surface area contributed by atoms with Crippen molar-refractivity contribution in [3.63, 3.8) is 0 Å². The number of amides is 1. The third-order valence-corrected chi connectivity index (χ3v) is 7.07. The lowest BCUT2D eigenvalue weighted by molar-refractivity contribution is 0.0951. The van der Waals surface area contributed by atoms with Gasteiger partial charge in [-0.1, -0.05) is 0 Å². The predicted octanol–water partition coefficient (Wildman–Crippen LogP) is 2.90. The highest BCUT2D eigenvalue weighted by Gasteiger charge is 2.20. The van der Waals surface area contributed by atoms with Crippen molar-refractivity contribution in [2.75, 3.05) is 13.2 Å². The fraction of sp³-hybridized carbons (Fsp3) is 0.353. The summed E-state index contributed by atoms with van der Waals surface area (Å²) in [7, 11) is -3.61. The van der Waals surface area contributed by atoms with Crippen molar-refractivity contribution in [3.8, 4) is 0 Å². The molecule has 140 valence electrons. The highest BCUT2D eigenvalue weighted by atomic mass is 79.9. The zero-order valence-corrected chi connectivity index (χ0v) is 17.1. The minimum absolute atomic E-state index is 0.0629. The molecule has 0 aliphatic carbocycles. The molecule has 1 aromatic carbocycles. The van der Waals surface area contributed by atoms with Crippen LogP contribution in [0.3, 0.4) is 0 Å². The van der Waals surface area contributed by atoms with Crippen molar-refractivity contribution in [1.29, 1.82) is 0 Å². The largest absolute Gasteiger partial charge is 0.377 e. The summed E-state index contributed by atoms with van der Waals surface area (Å²) in [6.07, 6.45) is 1.76. The third-order valence-electron chi connectivity index (χ3n) is 4.00. The van der Waals surface area contributed by atoms with E-state index in [-0.39, 0.29) is 23.5 Å². The number of thiophene rings is 1. The van der Waals surface area contributed by atoms with Gasteiger partial charge in [0.25, 0.3) is 5.91 Å². The molecule has 1 aromatic heterocycles. The van der Waals surface area contributed by atoms with Gasteiger partial charge in [0.15, 0.2) is 0 Å². The fourth-order valence-electron chi connectivity index (χ4n) is 2.59. The van der Waals surface area contributed by atoms with E-state index in [1.54, 1.807) is 11.3 Å². The third kappa shape index (κ3) is 5.14. The molecule has 0 radical (unpaired) electrons. The van der Waals surface area contributed by atoms with Crippen molar-refractivity contribution >= 4 is 43.2 Å². The van der Waals surface area contributed by atoms with Crippen LogP contribution < -0.4 is 10.0 Å². The van der Waals surface area contributed by atoms with E-state index in [0.717, 1.165) is 21.5 Å². The summed E-state index contributed by atoms with van der Waals surface area (Å²) in [4.78, 5) is 13.3. The van der Waals surface area contributed by atoms with Gasteiger partial charge in [-0.3, -0.25) is 4.79 Å². The van der Waals surface area contributed by atoms with Crippen LogP contribution in [-0.4, -0.2) is 33.6 Å². The molecule has 1 fully saturated rings. The van der Waals surface area contributed by atoms with Crippen molar-refractivity contribution in [1.82, 2.24) is 10.0 Å². The number of nitrogens with one attached hydrogen (secondary N) is 2. The number of sulfonamides is 1. The van der Waals surface area contributed by atoms with E-state index in [1.807, 2.05) is 12.1 Å². The van der Waals surface area contributed by atoms with Gasteiger partial charge >= 0.3 is 0 Å². The Hall–Kier alpha value is -1.26. The van der Waals surface area contributed by atoms with Crippen LogP contribution in [0, 0.1) is 0 Å².